The minimum atomic E-state index is 0.0377. The van der Waals surface area contributed by atoms with E-state index in [1.165, 1.54) is 24.8 Å². The van der Waals surface area contributed by atoms with Gasteiger partial charge in [-0.05, 0) is 93.5 Å². The Balaban J connectivity index is 1.97. The first kappa shape index (κ1) is 15.8. The second-order valence-corrected chi connectivity index (χ2v) is 7.85. The first-order valence-electron chi connectivity index (χ1n) is 7.50. The molecule has 0 unspecified atom stereocenters. The fraction of sp³-hybridized carbons (Fsp3) is 0.647. The summed E-state index contributed by atoms with van der Waals surface area (Å²) in [5, 5.41) is 3.56. The fourth-order valence-electron chi connectivity index (χ4n) is 2.56. The maximum absolute atomic E-state index is 6.35. The second kappa shape index (κ2) is 6.07. The Morgan fingerprint density at radius 2 is 2.00 bits per heavy atom. The molecule has 0 atom stereocenters. The molecule has 0 amide bonds. The average Bonchev–Trinajstić information content (AvgIpc) is 2.27. The van der Waals surface area contributed by atoms with Gasteiger partial charge in [0.25, 0.3) is 0 Å². The van der Waals surface area contributed by atoms with Crippen LogP contribution in [0.15, 0.2) is 22.7 Å². The maximum atomic E-state index is 6.35. The van der Waals surface area contributed by atoms with Gasteiger partial charge in [0.15, 0.2) is 0 Å². The van der Waals surface area contributed by atoms with Gasteiger partial charge in [-0.2, -0.15) is 0 Å². The number of halogens is 1. The van der Waals surface area contributed by atoms with Crippen LogP contribution in [-0.4, -0.2) is 17.7 Å². The van der Waals surface area contributed by atoms with Crippen molar-refractivity contribution in [1.82, 2.24) is 5.32 Å². The maximum Gasteiger partial charge on any atom is 0.134 e. The fourth-order valence-corrected chi connectivity index (χ4v) is 3.14. The molecule has 0 bridgehead atoms. The predicted molar refractivity (Wildman–Crippen MR) is 88.5 cm³/mol. The largest absolute Gasteiger partial charge is 0.486 e. The number of nitrogens with one attached hydrogen (secondary N) is 1. The summed E-state index contributed by atoms with van der Waals surface area (Å²) in [6.45, 7) is 9.72. The third-order valence-electron chi connectivity index (χ3n) is 3.91. The van der Waals surface area contributed by atoms with E-state index in [2.05, 4.69) is 67.1 Å². The van der Waals surface area contributed by atoms with Gasteiger partial charge in [0.1, 0.15) is 11.4 Å². The first-order valence-corrected chi connectivity index (χ1v) is 8.29. The van der Waals surface area contributed by atoms with Gasteiger partial charge in [0.05, 0.1) is 4.47 Å². The summed E-state index contributed by atoms with van der Waals surface area (Å²) in [5.41, 5.74) is 1.46. The van der Waals surface area contributed by atoms with E-state index in [0.717, 1.165) is 23.2 Å². The number of ether oxygens (including phenoxy) is 1. The van der Waals surface area contributed by atoms with E-state index in [9.17, 15) is 0 Å². The second-order valence-electron chi connectivity index (χ2n) is 7.00. The number of hydrogen-bond donors (Lipinski definition) is 1. The van der Waals surface area contributed by atoms with Crippen LogP contribution in [0.25, 0.3) is 0 Å². The van der Waals surface area contributed by atoms with Crippen LogP contribution in [0.4, 0.5) is 0 Å². The van der Waals surface area contributed by atoms with Crippen LogP contribution in [0.1, 0.15) is 52.0 Å². The van der Waals surface area contributed by atoms with Crippen LogP contribution >= 0.6 is 15.9 Å². The number of hydrogen-bond acceptors (Lipinski definition) is 2. The summed E-state index contributed by atoms with van der Waals surface area (Å²) in [6.07, 6.45) is 4.68. The van der Waals surface area contributed by atoms with Crippen molar-refractivity contribution < 1.29 is 4.74 Å². The van der Waals surface area contributed by atoms with Crippen LogP contribution in [0.3, 0.4) is 0 Å². The average molecular weight is 340 g/mol. The molecular weight excluding hydrogens is 314 g/mol. The molecule has 1 aromatic rings. The minimum absolute atomic E-state index is 0.0377. The van der Waals surface area contributed by atoms with Crippen molar-refractivity contribution in [2.75, 3.05) is 6.54 Å². The third-order valence-corrected chi connectivity index (χ3v) is 4.53. The molecule has 0 heterocycles. The lowest BCUT2D eigenvalue weighted by Gasteiger charge is -2.43. The van der Waals surface area contributed by atoms with E-state index >= 15 is 0 Å². The molecule has 2 rings (SSSR count). The Hall–Kier alpha value is -0.540. The van der Waals surface area contributed by atoms with Crippen molar-refractivity contribution in [1.29, 1.82) is 0 Å². The smallest absolute Gasteiger partial charge is 0.134 e. The van der Waals surface area contributed by atoms with Gasteiger partial charge in [-0.3, -0.25) is 0 Å². The molecule has 1 aromatic carbocycles. The van der Waals surface area contributed by atoms with E-state index in [4.69, 9.17) is 4.74 Å². The normalized spacial score (nSPS) is 17.6. The van der Waals surface area contributed by atoms with Crippen molar-refractivity contribution in [3.05, 3.63) is 28.2 Å². The van der Waals surface area contributed by atoms with Gasteiger partial charge in [-0.1, -0.05) is 6.07 Å². The molecule has 112 valence electrons. The molecule has 2 nitrogen and oxygen atoms in total. The molecule has 1 saturated carbocycles. The highest BCUT2D eigenvalue weighted by Gasteiger charge is 2.39. The number of aryl methyl sites for hydroxylation is 1. The molecular formula is C17H26BrNO. The predicted octanol–water partition coefficient (Wildman–Crippen LogP) is 4.84. The first-order chi connectivity index (χ1) is 9.30. The molecule has 1 aliphatic rings. The van der Waals surface area contributed by atoms with Crippen molar-refractivity contribution in [2.45, 2.75) is 64.5 Å². The van der Waals surface area contributed by atoms with Crippen molar-refractivity contribution in [3.63, 3.8) is 0 Å². The van der Waals surface area contributed by atoms with Gasteiger partial charge < -0.3 is 10.1 Å². The SMILES string of the molecule is Cc1ccc(OC2(CCNC(C)(C)C)CCC2)c(Br)c1. The molecule has 1 fully saturated rings. The summed E-state index contributed by atoms with van der Waals surface area (Å²) in [5.74, 6) is 0.978. The summed E-state index contributed by atoms with van der Waals surface area (Å²) in [6, 6.07) is 6.31. The quantitative estimate of drug-likeness (QED) is 0.828. The zero-order valence-electron chi connectivity index (χ0n) is 13.1. The Morgan fingerprint density at radius 3 is 2.50 bits per heavy atom. The van der Waals surface area contributed by atoms with Gasteiger partial charge in [-0.15, -0.1) is 0 Å². The lowest BCUT2D eigenvalue weighted by molar-refractivity contribution is -0.0158. The van der Waals surface area contributed by atoms with E-state index in [1.54, 1.807) is 0 Å². The molecule has 0 saturated heterocycles. The van der Waals surface area contributed by atoms with E-state index in [0.29, 0.717) is 0 Å². The Labute approximate surface area is 131 Å². The third kappa shape index (κ3) is 4.23. The van der Waals surface area contributed by atoms with Crippen LogP contribution in [0.2, 0.25) is 0 Å². The molecule has 0 aliphatic heterocycles. The van der Waals surface area contributed by atoms with Gasteiger partial charge >= 0.3 is 0 Å². The van der Waals surface area contributed by atoms with Crippen molar-refractivity contribution >= 4 is 15.9 Å². The molecule has 3 heteroatoms. The van der Waals surface area contributed by atoms with Crippen LogP contribution < -0.4 is 10.1 Å². The minimum Gasteiger partial charge on any atom is -0.486 e. The molecule has 1 aliphatic carbocycles. The summed E-state index contributed by atoms with van der Waals surface area (Å²) < 4.78 is 7.41. The van der Waals surface area contributed by atoms with E-state index in [1.807, 2.05) is 0 Å². The molecule has 1 N–H and O–H groups in total. The molecule has 0 spiro atoms. The number of benzene rings is 1. The number of rotatable bonds is 5. The highest BCUT2D eigenvalue weighted by atomic mass is 79.9. The van der Waals surface area contributed by atoms with Crippen molar-refractivity contribution in [2.24, 2.45) is 0 Å². The lowest BCUT2D eigenvalue weighted by atomic mass is 9.77. The summed E-state index contributed by atoms with van der Waals surface area (Å²) >= 11 is 3.61. The Kier molecular flexibility index (Phi) is 4.80. The van der Waals surface area contributed by atoms with Gasteiger partial charge in [-0.25, -0.2) is 0 Å². The standard InChI is InChI=1S/C17H26BrNO/c1-13-6-7-15(14(18)12-13)20-17(8-5-9-17)10-11-19-16(2,3)4/h6-7,12,19H,5,8-11H2,1-4H3. The van der Waals surface area contributed by atoms with Crippen LogP contribution in [0.5, 0.6) is 5.75 Å². The molecule has 20 heavy (non-hydrogen) atoms. The lowest BCUT2D eigenvalue weighted by Crippen LogP contribution is -2.47. The summed E-state index contributed by atoms with van der Waals surface area (Å²) in [4.78, 5) is 0. The molecule has 0 radical (unpaired) electrons. The van der Waals surface area contributed by atoms with Crippen LogP contribution in [-0.2, 0) is 0 Å². The van der Waals surface area contributed by atoms with E-state index < -0.39 is 0 Å². The van der Waals surface area contributed by atoms with Crippen molar-refractivity contribution in [3.8, 4) is 5.75 Å². The van der Waals surface area contributed by atoms with Gasteiger partial charge in [0, 0.05) is 5.54 Å². The zero-order chi connectivity index (χ0) is 14.8. The van der Waals surface area contributed by atoms with E-state index in [-0.39, 0.29) is 11.1 Å². The highest BCUT2D eigenvalue weighted by Crippen LogP contribution is 2.41. The Morgan fingerprint density at radius 1 is 1.30 bits per heavy atom. The zero-order valence-corrected chi connectivity index (χ0v) is 14.6. The highest BCUT2D eigenvalue weighted by molar-refractivity contribution is 9.10. The monoisotopic (exact) mass is 339 g/mol. The molecule has 0 aromatic heterocycles. The van der Waals surface area contributed by atoms with Gasteiger partial charge in [0.2, 0.25) is 0 Å². The van der Waals surface area contributed by atoms with Crippen LogP contribution in [0, 0.1) is 6.92 Å². The topological polar surface area (TPSA) is 21.3 Å². The summed E-state index contributed by atoms with van der Waals surface area (Å²) in [7, 11) is 0. The Bertz CT molecular complexity index is 461.